The molecule has 0 atom stereocenters. The molecule has 2 nitrogen and oxygen atoms in total. The number of H-pyrrole nitrogens is 1. The van der Waals surface area contributed by atoms with Gasteiger partial charge in [-0.15, -0.1) is 11.6 Å². The maximum Gasteiger partial charge on any atom is 0.282 e. The fourth-order valence-electron chi connectivity index (χ4n) is 0.841. The molecule has 0 aliphatic heterocycles. The number of halogens is 3. The van der Waals surface area contributed by atoms with Gasteiger partial charge in [0.05, 0.1) is 11.6 Å². The molecule has 0 bridgehead atoms. The SMILES string of the molecule is Cc1nc(C(F)F)c(CCl)[nH]1. The van der Waals surface area contributed by atoms with Crippen LogP contribution in [-0.2, 0) is 5.88 Å². The highest BCUT2D eigenvalue weighted by molar-refractivity contribution is 6.16. The summed E-state index contributed by atoms with van der Waals surface area (Å²) in [6, 6.07) is 0. The van der Waals surface area contributed by atoms with Gasteiger partial charge in [0.15, 0.2) is 0 Å². The summed E-state index contributed by atoms with van der Waals surface area (Å²) >= 11 is 5.38. The number of hydrogen-bond donors (Lipinski definition) is 1. The van der Waals surface area contributed by atoms with Gasteiger partial charge >= 0.3 is 0 Å². The molecule has 0 saturated carbocycles. The molecule has 11 heavy (non-hydrogen) atoms. The van der Waals surface area contributed by atoms with E-state index in [1.807, 2.05) is 0 Å². The third kappa shape index (κ3) is 1.68. The highest BCUT2D eigenvalue weighted by Gasteiger charge is 2.16. The van der Waals surface area contributed by atoms with E-state index < -0.39 is 6.43 Å². The van der Waals surface area contributed by atoms with E-state index >= 15 is 0 Å². The van der Waals surface area contributed by atoms with Crippen molar-refractivity contribution in [3.8, 4) is 0 Å². The van der Waals surface area contributed by atoms with E-state index in [1.165, 1.54) is 0 Å². The molecule has 0 saturated heterocycles. The number of aromatic nitrogens is 2. The maximum absolute atomic E-state index is 12.1. The van der Waals surface area contributed by atoms with E-state index in [0.29, 0.717) is 11.5 Å². The quantitative estimate of drug-likeness (QED) is 0.696. The zero-order chi connectivity index (χ0) is 8.43. The molecular formula is C6H7ClF2N2. The van der Waals surface area contributed by atoms with Crippen molar-refractivity contribution in [2.45, 2.75) is 19.2 Å². The van der Waals surface area contributed by atoms with Crippen LogP contribution in [0.15, 0.2) is 0 Å². The second kappa shape index (κ2) is 3.17. The molecule has 0 aromatic carbocycles. The van der Waals surface area contributed by atoms with Gasteiger partial charge in [0.2, 0.25) is 0 Å². The number of imidazole rings is 1. The molecule has 0 fully saturated rings. The lowest BCUT2D eigenvalue weighted by Crippen LogP contribution is -1.89. The number of alkyl halides is 3. The minimum absolute atomic E-state index is 0.0422. The van der Waals surface area contributed by atoms with Gasteiger partial charge in [-0.05, 0) is 6.92 Å². The van der Waals surface area contributed by atoms with Crippen LogP contribution < -0.4 is 0 Å². The molecule has 0 unspecified atom stereocenters. The zero-order valence-corrected chi connectivity index (χ0v) is 6.62. The topological polar surface area (TPSA) is 28.7 Å². The molecule has 0 radical (unpaired) electrons. The highest BCUT2D eigenvalue weighted by Crippen LogP contribution is 2.21. The molecule has 1 aromatic heterocycles. The van der Waals surface area contributed by atoms with Gasteiger partial charge < -0.3 is 4.98 Å². The Hall–Kier alpha value is -0.640. The van der Waals surface area contributed by atoms with E-state index in [0.717, 1.165) is 0 Å². The molecule has 0 aliphatic carbocycles. The Kier molecular flexibility index (Phi) is 2.44. The lowest BCUT2D eigenvalue weighted by molar-refractivity contribution is 0.145. The van der Waals surface area contributed by atoms with Crippen LogP contribution in [0.25, 0.3) is 0 Å². The molecular weight excluding hydrogens is 174 g/mol. The molecule has 1 aromatic rings. The summed E-state index contributed by atoms with van der Waals surface area (Å²) in [4.78, 5) is 6.24. The first-order valence-electron chi connectivity index (χ1n) is 3.04. The number of hydrogen-bond acceptors (Lipinski definition) is 1. The van der Waals surface area contributed by atoms with Crippen LogP contribution in [0.1, 0.15) is 23.6 Å². The molecule has 0 aliphatic rings. The average molecular weight is 181 g/mol. The first kappa shape index (κ1) is 8.46. The highest BCUT2D eigenvalue weighted by atomic mass is 35.5. The normalized spacial score (nSPS) is 11.0. The molecule has 0 spiro atoms. The van der Waals surface area contributed by atoms with Crippen LogP contribution in [0.4, 0.5) is 8.78 Å². The Morgan fingerprint density at radius 2 is 2.27 bits per heavy atom. The summed E-state index contributed by atoms with van der Waals surface area (Å²) in [5.41, 5.74) is 0.0664. The van der Waals surface area contributed by atoms with E-state index in [1.54, 1.807) is 6.92 Å². The van der Waals surface area contributed by atoms with Gasteiger partial charge in [0.25, 0.3) is 6.43 Å². The van der Waals surface area contributed by atoms with Crippen molar-refractivity contribution in [1.82, 2.24) is 9.97 Å². The smallest absolute Gasteiger partial charge is 0.282 e. The predicted molar refractivity (Wildman–Crippen MR) is 37.8 cm³/mol. The van der Waals surface area contributed by atoms with Crippen molar-refractivity contribution in [3.05, 3.63) is 17.2 Å². The first-order chi connectivity index (χ1) is 5.15. The van der Waals surface area contributed by atoms with Crippen molar-refractivity contribution in [2.24, 2.45) is 0 Å². The van der Waals surface area contributed by atoms with E-state index in [2.05, 4.69) is 9.97 Å². The minimum Gasteiger partial charge on any atom is -0.345 e. The van der Waals surface area contributed by atoms with Crippen molar-refractivity contribution < 1.29 is 8.78 Å². The Bertz CT molecular complexity index is 247. The van der Waals surface area contributed by atoms with E-state index in [-0.39, 0.29) is 11.6 Å². The van der Waals surface area contributed by atoms with Gasteiger partial charge in [-0.1, -0.05) is 0 Å². The summed E-state index contributed by atoms with van der Waals surface area (Å²) in [6.07, 6.45) is -2.55. The van der Waals surface area contributed by atoms with Crippen LogP contribution in [0.2, 0.25) is 0 Å². The van der Waals surface area contributed by atoms with Crippen molar-refractivity contribution in [2.75, 3.05) is 0 Å². The van der Waals surface area contributed by atoms with Crippen molar-refractivity contribution in [3.63, 3.8) is 0 Å². The van der Waals surface area contributed by atoms with E-state index in [9.17, 15) is 8.78 Å². The summed E-state index contributed by atoms with van der Waals surface area (Å²) in [7, 11) is 0. The standard InChI is InChI=1S/C6H7ClF2N2/c1-3-10-4(2-7)5(11-3)6(8)9/h6H,2H2,1H3,(H,10,11). The second-order valence-electron chi connectivity index (χ2n) is 2.12. The van der Waals surface area contributed by atoms with Crippen molar-refractivity contribution >= 4 is 11.6 Å². The number of rotatable bonds is 2. The Labute approximate surface area is 67.6 Å². The van der Waals surface area contributed by atoms with Crippen molar-refractivity contribution in [1.29, 1.82) is 0 Å². The molecule has 62 valence electrons. The van der Waals surface area contributed by atoms with Gasteiger partial charge in [-0.2, -0.15) is 0 Å². The van der Waals surface area contributed by atoms with Gasteiger partial charge in [0.1, 0.15) is 11.5 Å². The van der Waals surface area contributed by atoms with Gasteiger partial charge in [-0.3, -0.25) is 0 Å². The third-order valence-corrected chi connectivity index (χ3v) is 1.54. The lowest BCUT2D eigenvalue weighted by atomic mass is 10.4. The van der Waals surface area contributed by atoms with E-state index in [4.69, 9.17) is 11.6 Å². The molecule has 0 amide bonds. The molecule has 1 rings (SSSR count). The number of nitrogens with zero attached hydrogens (tertiary/aromatic N) is 1. The second-order valence-corrected chi connectivity index (χ2v) is 2.39. The third-order valence-electron chi connectivity index (χ3n) is 1.27. The number of nitrogens with one attached hydrogen (secondary N) is 1. The summed E-state index contributed by atoms with van der Waals surface area (Å²) in [6.45, 7) is 1.61. The Morgan fingerprint density at radius 3 is 2.64 bits per heavy atom. The zero-order valence-electron chi connectivity index (χ0n) is 5.87. The fourth-order valence-corrected chi connectivity index (χ4v) is 1.04. The van der Waals surface area contributed by atoms with Crippen LogP contribution in [0, 0.1) is 6.92 Å². The van der Waals surface area contributed by atoms with Gasteiger partial charge in [0, 0.05) is 0 Å². The van der Waals surface area contributed by atoms with Crippen LogP contribution in [0.3, 0.4) is 0 Å². The largest absolute Gasteiger partial charge is 0.345 e. The molecule has 5 heteroatoms. The fraction of sp³-hybridized carbons (Fsp3) is 0.500. The number of aromatic amines is 1. The van der Waals surface area contributed by atoms with Gasteiger partial charge in [-0.25, -0.2) is 13.8 Å². The molecule has 1 heterocycles. The molecule has 1 N–H and O–H groups in total. The summed E-state index contributed by atoms with van der Waals surface area (Å²) in [5.74, 6) is 0.511. The van der Waals surface area contributed by atoms with Crippen LogP contribution >= 0.6 is 11.6 Å². The predicted octanol–water partition coefficient (Wildman–Crippen LogP) is 2.39. The number of aryl methyl sites for hydroxylation is 1. The monoisotopic (exact) mass is 180 g/mol. The average Bonchev–Trinajstić information content (AvgIpc) is 2.30. The lowest BCUT2D eigenvalue weighted by Gasteiger charge is -1.94. The maximum atomic E-state index is 12.1. The summed E-state index contributed by atoms with van der Waals surface area (Å²) in [5, 5.41) is 0. The summed E-state index contributed by atoms with van der Waals surface area (Å²) < 4.78 is 24.2. The minimum atomic E-state index is -2.55. The Morgan fingerprint density at radius 1 is 1.64 bits per heavy atom. The van der Waals surface area contributed by atoms with Crippen LogP contribution in [-0.4, -0.2) is 9.97 Å². The van der Waals surface area contributed by atoms with Crippen LogP contribution in [0.5, 0.6) is 0 Å². The Balaban J connectivity index is 3.02. The first-order valence-corrected chi connectivity index (χ1v) is 3.58.